The van der Waals surface area contributed by atoms with Gasteiger partial charge in [0.25, 0.3) is 0 Å². The largest absolute Gasteiger partial charge is 0.490 e. The molecule has 0 spiro atoms. The van der Waals surface area contributed by atoms with E-state index in [1.54, 1.807) is 6.92 Å². The van der Waals surface area contributed by atoms with Crippen molar-refractivity contribution >= 4 is 39.0 Å². The van der Waals surface area contributed by atoms with Crippen LogP contribution in [-0.2, 0) is 32.2 Å². The summed E-state index contributed by atoms with van der Waals surface area (Å²) in [7, 11) is -3.11. The van der Waals surface area contributed by atoms with Crippen molar-refractivity contribution < 1.29 is 37.3 Å². The lowest BCUT2D eigenvalue weighted by atomic mass is 9.86. The van der Waals surface area contributed by atoms with E-state index < -0.39 is 33.9 Å². The van der Waals surface area contributed by atoms with Gasteiger partial charge in [-0.25, -0.2) is 8.42 Å². The van der Waals surface area contributed by atoms with E-state index in [1.807, 2.05) is 58.0 Å². The van der Waals surface area contributed by atoms with Gasteiger partial charge in [0.15, 0.2) is 17.2 Å². The number of carboxylic acid groups (broad SMARTS) is 1. The zero-order valence-corrected chi connectivity index (χ0v) is 29.4. The first-order chi connectivity index (χ1) is 21.9. The van der Waals surface area contributed by atoms with Gasteiger partial charge in [-0.05, 0) is 67.0 Å². The summed E-state index contributed by atoms with van der Waals surface area (Å²) in [6, 6.07) is 11.9. The van der Waals surface area contributed by atoms with Crippen LogP contribution in [0.25, 0.3) is 22.3 Å². The van der Waals surface area contributed by atoms with E-state index in [-0.39, 0.29) is 12.4 Å². The van der Waals surface area contributed by atoms with Gasteiger partial charge in [0.1, 0.15) is 9.84 Å². The van der Waals surface area contributed by atoms with Crippen molar-refractivity contribution in [2.45, 2.75) is 66.1 Å². The first kappa shape index (κ1) is 35.9. The molecule has 3 atom stereocenters. The number of carbonyl (C=O) groups is 1. The molecule has 4 rings (SSSR count). The molecule has 11 heteroatoms. The quantitative estimate of drug-likeness (QED) is 0.159. The first-order valence-corrected chi connectivity index (χ1v) is 18.4. The summed E-state index contributed by atoms with van der Waals surface area (Å²) in [5.41, 5.74) is 5.99. The molecule has 0 aromatic heterocycles. The highest BCUT2D eigenvalue weighted by Gasteiger charge is 2.43. The molecule has 0 saturated carbocycles. The minimum atomic E-state index is -3.11. The van der Waals surface area contributed by atoms with Gasteiger partial charge in [0.05, 0.1) is 40.8 Å². The highest BCUT2D eigenvalue weighted by molar-refractivity contribution is 7.90. The number of halogens is 2. The van der Waals surface area contributed by atoms with Crippen molar-refractivity contribution in [2.75, 3.05) is 31.8 Å². The van der Waals surface area contributed by atoms with Crippen LogP contribution >= 0.6 is 23.2 Å². The Hall–Kier alpha value is -2.98. The fourth-order valence-electron chi connectivity index (χ4n) is 6.02. The van der Waals surface area contributed by atoms with Crippen LogP contribution in [0.4, 0.5) is 0 Å². The maximum Gasteiger partial charge on any atom is 0.307 e. The molecule has 0 fully saturated rings. The van der Waals surface area contributed by atoms with Crippen LogP contribution in [0.2, 0.25) is 10.0 Å². The average Bonchev–Trinajstić information content (AvgIpc) is 3.38. The van der Waals surface area contributed by atoms with Gasteiger partial charge in [-0.15, -0.1) is 0 Å². The Bertz CT molecular complexity index is 1660. The normalized spacial score (nSPS) is 16.5. The maximum absolute atomic E-state index is 12.0. The number of sulfone groups is 1. The molecule has 0 bridgehead atoms. The van der Waals surface area contributed by atoms with E-state index in [0.29, 0.717) is 59.8 Å². The monoisotopic (exact) mass is 692 g/mol. The molecule has 0 aliphatic carbocycles. The second kappa shape index (κ2) is 15.3. The number of hydrogen-bond acceptors (Lipinski definition) is 7. The van der Waals surface area contributed by atoms with Crippen LogP contribution in [0.5, 0.6) is 17.2 Å². The molecule has 0 saturated heterocycles. The van der Waals surface area contributed by atoms with E-state index in [9.17, 15) is 18.3 Å². The lowest BCUT2D eigenvalue weighted by molar-refractivity contribution is -0.147. The van der Waals surface area contributed by atoms with Gasteiger partial charge in [0, 0.05) is 24.0 Å². The van der Waals surface area contributed by atoms with E-state index in [0.717, 1.165) is 38.9 Å². The highest BCUT2D eigenvalue weighted by atomic mass is 35.5. The SMILES string of the molecule is CCOc1c(-c2cccc(-c3c(CC)c(Cl)c(OCCCS(C)(=O)=O)c(Cl)c3CC)c2)ccc2c1OC(OCC)[C@H]2C(C)C(=O)O. The van der Waals surface area contributed by atoms with Gasteiger partial charge < -0.3 is 24.1 Å². The third kappa shape index (κ3) is 7.43. The van der Waals surface area contributed by atoms with E-state index in [1.165, 1.54) is 6.26 Å². The van der Waals surface area contributed by atoms with Crippen molar-refractivity contribution in [2.24, 2.45) is 5.92 Å². The summed E-state index contributed by atoms with van der Waals surface area (Å²) < 4.78 is 47.4. The molecular formula is C35H42Cl2O8S. The second-order valence-corrected chi connectivity index (χ2v) is 14.3. The van der Waals surface area contributed by atoms with Crippen LogP contribution in [0.15, 0.2) is 36.4 Å². The topological polar surface area (TPSA) is 108 Å². The molecule has 2 unspecified atom stereocenters. The predicted molar refractivity (Wildman–Crippen MR) is 183 cm³/mol. The summed E-state index contributed by atoms with van der Waals surface area (Å²) in [6.45, 7) is 10.4. The second-order valence-electron chi connectivity index (χ2n) is 11.3. The number of aliphatic carboxylic acids is 1. The fourth-order valence-corrected chi connectivity index (χ4v) is 7.47. The Balaban J connectivity index is 1.82. The summed E-state index contributed by atoms with van der Waals surface area (Å²) >= 11 is 13.9. The Labute approximate surface area is 281 Å². The Morgan fingerprint density at radius 3 is 2.17 bits per heavy atom. The van der Waals surface area contributed by atoms with E-state index >= 15 is 0 Å². The van der Waals surface area contributed by atoms with Crippen molar-refractivity contribution in [3.63, 3.8) is 0 Å². The van der Waals surface area contributed by atoms with Gasteiger partial charge in [-0.2, -0.15) is 0 Å². The molecular weight excluding hydrogens is 651 g/mol. The van der Waals surface area contributed by atoms with Gasteiger partial charge in [0.2, 0.25) is 6.29 Å². The number of ether oxygens (including phenoxy) is 4. The minimum absolute atomic E-state index is 0.0113. The molecule has 3 aromatic carbocycles. The highest BCUT2D eigenvalue weighted by Crippen LogP contribution is 2.52. The van der Waals surface area contributed by atoms with Crippen molar-refractivity contribution in [1.29, 1.82) is 0 Å². The summed E-state index contributed by atoms with van der Waals surface area (Å²) in [5.74, 6) is -0.756. The lowest BCUT2D eigenvalue weighted by Gasteiger charge is -2.22. The zero-order chi connectivity index (χ0) is 33.8. The zero-order valence-electron chi connectivity index (χ0n) is 27.1. The smallest absolute Gasteiger partial charge is 0.307 e. The minimum Gasteiger partial charge on any atom is -0.490 e. The number of carboxylic acids is 1. The third-order valence-electron chi connectivity index (χ3n) is 8.18. The molecule has 250 valence electrons. The van der Waals surface area contributed by atoms with Gasteiger partial charge >= 0.3 is 5.97 Å². The van der Waals surface area contributed by atoms with Crippen molar-refractivity contribution in [3.05, 3.63) is 63.1 Å². The molecule has 0 radical (unpaired) electrons. The Morgan fingerprint density at radius 2 is 1.61 bits per heavy atom. The number of fused-ring (bicyclic) bond motifs is 1. The molecule has 46 heavy (non-hydrogen) atoms. The summed E-state index contributed by atoms with van der Waals surface area (Å²) in [6.07, 6.45) is 2.00. The summed E-state index contributed by atoms with van der Waals surface area (Å²) in [5, 5.41) is 10.6. The number of rotatable bonds is 15. The van der Waals surface area contributed by atoms with Crippen LogP contribution in [0.3, 0.4) is 0 Å². The Kier molecular flexibility index (Phi) is 11.9. The van der Waals surface area contributed by atoms with Gasteiger partial charge in [-0.1, -0.05) is 74.3 Å². The third-order valence-corrected chi connectivity index (χ3v) is 10.0. The number of hydrogen-bond donors (Lipinski definition) is 1. The van der Waals surface area contributed by atoms with E-state index in [2.05, 4.69) is 6.07 Å². The molecule has 8 nitrogen and oxygen atoms in total. The Morgan fingerprint density at radius 1 is 0.957 bits per heavy atom. The first-order valence-electron chi connectivity index (χ1n) is 15.6. The van der Waals surface area contributed by atoms with E-state index in [4.69, 9.17) is 42.1 Å². The van der Waals surface area contributed by atoms with Crippen LogP contribution in [0.1, 0.15) is 63.6 Å². The van der Waals surface area contributed by atoms with Crippen molar-refractivity contribution in [1.82, 2.24) is 0 Å². The lowest BCUT2D eigenvalue weighted by Crippen LogP contribution is -2.30. The van der Waals surface area contributed by atoms with Gasteiger partial charge in [-0.3, -0.25) is 4.79 Å². The fraction of sp³-hybridized carbons (Fsp3) is 0.457. The van der Waals surface area contributed by atoms with Crippen LogP contribution < -0.4 is 14.2 Å². The maximum atomic E-state index is 12.0. The molecule has 0 amide bonds. The molecule has 1 N–H and O–H groups in total. The predicted octanol–water partition coefficient (Wildman–Crippen LogP) is 8.22. The number of benzene rings is 3. The van der Waals surface area contributed by atoms with Crippen LogP contribution in [-0.4, -0.2) is 57.6 Å². The molecule has 1 heterocycles. The van der Waals surface area contributed by atoms with Crippen LogP contribution in [0, 0.1) is 5.92 Å². The summed E-state index contributed by atoms with van der Waals surface area (Å²) in [4.78, 5) is 12.0. The van der Waals surface area contributed by atoms with Crippen molar-refractivity contribution in [3.8, 4) is 39.5 Å². The standard InChI is InChI=1S/C35H42Cl2O8S/c1-7-23-28(24(8-2)30(37)33(29(23)36)44-17-12-18-46(6,40)41)22-14-11-13-21(19-22)25-15-16-26-27(20(5)34(38)39)35(43-10-4)45-32(26)31(25)42-9-3/h11,13-16,19-20,27,35H,7-10,12,17-18H2,1-6H3,(H,38,39)/t20?,27-,35?/m0/s1. The average molecular weight is 694 g/mol. The molecule has 1 aliphatic rings. The molecule has 3 aromatic rings. The molecule has 1 aliphatic heterocycles.